The van der Waals surface area contributed by atoms with Crippen molar-refractivity contribution in [3.05, 3.63) is 0 Å². The van der Waals surface area contributed by atoms with Crippen LogP contribution in [0.5, 0.6) is 0 Å². The second kappa shape index (κ2) is 14.6. The Balaban J connectivity index is -0.00000180. The third-order valence-corrected chi connectivity index (χ3v) is 2.17. The van der Waals surface area contributed by atoms with Crippen molar-refractivity contribution in [3.8, 4) is 0 Å². The van der Waals surface area contributed by atoms with Crippen molar-refractivity contribution in [1.29, 1.82) is 0 Å². The van der Waals surface area contributed by atoms with Gasteiger partial charge in [-0.1, -0.05) is 0 Å². The van der Waals surface area contributed by atoms with Gasteiger partial charge in [-0.3, -0.25) is 29.0 Å². The maximum atomic E-state index is 10.6. The zero-order valence-electron chi connectivity index (χ0n) is 12.3. The molecule has 0 aromatic heterocycles. The first kappa shape index (κ1) is 26.9. The minimum atomic E-state index is -1.23. The van der Waals surface area contributed by atoms with E-state index in [2.05, 4.69) is 0 Å². The molecule has 117 valence electrons. The van der Waals surface area contributed by atoms with E-state index in [1.54, 1.807) is 0 Å². The number of hydrogen-bond acceptors (Lipinski definition) is 6. The molecule has 3 radical (unpaired) electrons. The number of aliphatic carboxylic acids is 4. The van der Waals surface area contributed by atoms with Gasteiger partial charge in [0.1, 0.15) is 0 Å². The van der Waals surface area contributed by atoms with Crippen LogP contribution in [0, 0.1) is 0 Å². The molecule has 0 aromatic rings. The molecule has 0 unspecified atom stereocenters. The molecule has 0 atom stereocenters. The van der Waals surface area contributed by atoms with Crippen molar-refractivity contribution in [2.75, 3.05) is 39.3 Å². The van der Waals surface area contributed by atoms with Crippen LogP contribution in [-0.2, 0) is 19.2 Å². The molecule has 22 heavy (non-hydrogen) atoms. The smallest absolute Gasteiger partial charge is 0.317 e. The van der Waals surface area contributed by atoms with Crippen molar-refractivity contribution < 1.29 is 39.6 Å². The number of carbonyl (C=O) groups is 4. The van der Waals surface area contributed by atoms with Crippen LogP contribution in [0.25, 0.3) is 0 Å². The van der Waals surface area contributed by atoms with Gasteiger partial charge in [0.25, 0.3) is 0 Å². The van der Waals surface area contributed by atoms with Crippen LogP contribution in [-0.4, -0.2) is 161 Å². The summed E-state index contributed by atoms with van der Waals surface area (Å²) in [6, 6.07) is 0. The monoisotopic (exact) mass is 355 g/mol. The first-order valence-electron chi connectivity index (χ1n) is 5.52. The molecule has 0 aromatic carbocycles. The van der Waals surface area contributed by atoms with Crippen LogP contribution in [0.2, 0.25) is 0 Å². The van der Waals surface area contributed by atoms with Gasteiger partial charge in [0.2, 0.25) is 0 Å². The molecule has 0 saturated carbocycles. The Morgan fingerprint density at radius 2 is 0.773 bits per heavy atom. The fourth-order valence-corrected chi connectivity index (χ4v) is 1.48. The van der Waals surface area contributed by atoms with E-state index in [0.29, 0.717) is 0 Å². The van der Waals surface area contributed by atoms with Gasteiger partial charge < -0.3 is 20.4 Å². The second-order valence-electron chi connectivity index (χ2n) is 4.00. The number of carboxylic acid groups (broad SMARTS) is 4. The molecule has 0 saturated heterocycles. The molecule has 0 rings (SSSR count). The summed E-state index contributed by atoms with van der Waals surface area (Å²) in [5, 5.41) is 34.5. The molecule has 12 heteroatoms. The molecular weight excluding hydrogens is 339 g/mol. The zero-order valence-corrected chi connectivity index (χ0v) is 16.5. The van der Waals surface area contributed by atoms with E-state index in [9.17, 15) is 19.2 Å². The molecule has 0 aliphatic carbocycles. The molecule has 0 fully saturated rings. The van der Waals surface area contributed by atoms with Gasteiger partial charge in [-0.05, 0) is 0 Å². The molecular formula is C10H16CaN2NaO8. The zero-order chi connectivity index (χ0) is 15.7. The van der Waals surface area contributed by atoms with Gasteiger partial charge in [-0.25, -0.2) is 0 Å². The van der Waals surface area contributed by atoms with Crippen molar-refractivity contribution in [2.24, 2.45) is 0 Å². The fourth-order valence-electron chi connectivity index (χ4n) is 1.48. The summed E-state index contributed by atoms with van der Waals surface area (Å²) < 4.78 is 0. The van der Waals surface area contributed by atoms with Crippen LogP contribution in [0.1, 0.15) is 0 Å². The Morgan fingerprint density at radius 3 is 0.909 bits per heavy atom. The predicted octanol–water partition coefficient (Wildman–Crippen LogP) is -2.83. The van der Waals surface area contributed by atoms with E-state index in [4.69, 9.17) is 20.4 Å². The first-order valence-corrected chi connectivity index (χ1v) is 5.52. The molecule has 10 nitrogen and oxygen atoms in total. The Kier molecular flexibility index (Phi) is 17.9. The summed E-state index contributed by atoms with van der Waals surface area (Å²) in [4.78, 5) is 44.4. The summed E-state index contributed by atoms with van der Waals surface area (Å²) in [6.07, 6.45) is 0. The quantitative estimate of drug-likeness (QED) is 0.285. The van der Waals surface area contributed by atoms with Crippen molar-refractivity contribution in [1.82, 2.24) is 9.80 Å². The molecule has 0 aliphatic heterocycles. The summed E-state index contributed by atoms with van der Waals surface area (Å²) in [7, 11) is 0. The van der Waals surface area contributed by atoms with Gasteiger partial charge >= 0.3 is 23.9 Å². The molecule has 0 heterocycles. The van der Waals surface area contributed by atoms with E-state index < -0.39 is 50.1 Å². The third kappa shape index (κ3) is 16.4. The molecule has 0 amide bonds. The molecule has 0 bridgehead atoms. The van der Waals surface area contributed by atoms with Crippen LogP contribution in [0.15, 0.2) is 0 Å². The molecule has 0 spiro atoms. The van der Waals surface area contributed by atoms with Crippen LogP contribution < -0.4 is 0 Å². The number of hydrogen-bond donors (Lipinski definition) is 4. The maximum absolute atomic E-state index is 10.6. The topological polar surface area (TPSA) is 156 Å². The second-order valence-corrected chi connectivity index (χ2v) is 4.00. The maximum Gasteiger partial charge on any atom is 0.317 e. The SMILES string of the molecule is O=C(O)CN(CCN(CC(=O)O)CC(=O)O)CC(=O)O.[Ca].[Na]. The van der Waals surface area contributed by atoms with Crippen LogP contribution in [0.3, 0.4) is 0 Å². The molecule has 0 aliphatic rings. The van der Waals surface area contributed by atoms with E-state index >= 15 is 0 Å². The predicted molar refractivity (Wildman–Crippen MR) is 74.9 cm³/mol. The Morgan fingerprint density at radius 1 is 0.591 bits per heavy atom. The summed E-state index contributed by atoms with van der Waals surface area (Å²) >= 11 is 0. The Hall–Kier alpha value is 0.0597. The van der Waals surface area contributed by atoms with E-state index in [-0.39, 0.29) is 80.4 Å². The van der Waals surface area contributed by atoms with Gasteiger partial charge in [0, 0.05) is 80.4 Å². The van der Waals surface area contributed by atoms with E-state index in [0.717, 1.165) is 9.80 Å². The van der Waals surface area contributed by atoms with Crippen molar-refractivity contribution in [2.45, 2.75) is 0 Å². The van der Waals surface area contributed by atoms with Crippen LogP contribution in [0.4, 0.5) is 0 Å². The molecule has 4 N–H and O–H groups in total. The Bertz CT molecular complexity index is 327. The normalized spacial score (nSPS) is 9.73. The van der Waals surface area contributed by atoms with E-state index in [1.807, 2.05) is 0 Å². The number of rotatable bonds is 11. The summed E-state index contributed by atoms with van der Waals surface area (Å²) in [5.41, 5.74) is 0. The standard InChI is InChI=1S/C10H16N2O8.Ca.Na/c13-7(14)3-11(4-8(15)16)1-2-12(5-9(17)18)6-10(19)20;;/h1-6H2,(H,13,14)(H,15,16)(H,17,18)(H,19,20);;. The summed E-state index contributed by atoms with van der Waals surface area (Å²) in [6.45, 7) is -2.25. The van der Waals surface area contributed by atoms with Crippen molar-refractivity contribution >= 4 is 91.2 Å². The minimum Gasteiger partial charge on any atom is -0.480 e. The van der Waals surface area contributed by atoms with Gasteiger partial charge in [-0.15, -0.1) is 0 Å². The summed E-state index contributed by atoms with van der Waals surface area (Å²) in [5.74, 6) is -4.91. The fraction of sp³-hybridized carbons (Fsp3) is 0.600. The van der Waals surface area contributed by atoms with Crippen molar-refractivity contribution in [3.63, 3.8) is 0 Å². The number of carboxylic acids is 4. The van der Waals surface area contributed by atoms with Gasteiger partial charge in [-0.2, -0.15) is 0 Å². The average molecular weight is 355 g/mol. The number of nitrogens with zero attached hydrogens (tertiary/aromatic N) is 2. The van der Waals surface area contributed by atoms with Gasteiger partial charge in [0.05, 0.1) is 26.2 Å². The van der Waals surface area contributed by atoms with Crippen LogP contribution >= 0.6 is 0 Å². The Labute approximate surface area is 178 Å². The first-order chi connectivity index (χ1) is 9.20. The van der Waals surface area contributed by atoms with Gasteiger partial charge in [0.15, 0.2) is 0 Å². The largest absolute Gasteiger partial charge is 0.480 e. The third-order valence-electron chi connectivity index (χ3n) is 2.17. The minimum absolute atomic E-state index is 0. The average Bonchev–Trinajstić information content (AvgIpc) is 2.22. The van der Waals surface area contributed by atoms with E-state index in [1.165, 1.54) is 0 Å².